The van der Waals surface area contributed by atoms with Gasteiger partial charge in [0.1, 0.15) is 11.2 Å². The number of anilines is 2. The van der Waals surface area contributed by atoms with Gasteiger partial charge in [-0.15, -0.1) is 0 Å². The van der Waals surface area contributed by atoms with E-state index in [0.29, 0.717) is 0 Å². The molecule has 2 heteroatoms. The van der Waals surface area contributed by atoms with Crippen molar-refractivity contribution >= 4 is 44.1 Å². The van der Waals surface area contributed by atoms with E-state index in [-0.39, 0.29) is 0 Å². The summed E-state index contributed by atoms with van der Waals surface area (Å²) < 4.78 is 6.05. The van der Waals surface area contributed by atoms with Gasteiger partial charge in [0.05, 0.1) is 11.1 Å². The van der Waals surface area contributed by atoms with Crippen molar-refractivity contribution in [1.29, 1.82) is 0 Å². The second-order valence-corrected chi connectivity index (χ2v) is 10.7. The number of furan rings is 1. The lowest BCUT2D eigenvalue weighted by atomic mass is 9.97. The molecule has 1 aromatic heterocycles. The van der Waals surface area contributed by atoms with Crippen molar-refractivity contribution in [2.24, 2.45) is 0 Å². The monoisotopic (exact) mass is 537 g/mol. The third-order valence-corrected chi connectivity index (χ3v) is 8.09. The Morgan fingerprint density at radius 2 is 0.905 bits per heavy atom. The van der Waals surface area contributed by atoms with E-state index in [2.05, 4.69) is 139 Å². The van der Waals surface area contributed by atoms with E-state index in [1.165, 1.54) is 44.2 Å². The van der Waals surface area contributed by atoms with Crippen LogP contribution in [0, 0.1) is 0 Å². The number of hydrogen-bond donors (Lipinski definition) is 1. The number of para-hydroxylation sites is 1. The topological polar surface area (TPSA) is 25.2 Å². The highest BCUT2D eigenvalue weighted by atomic mass is 16.3. The van der Waals surface area contributed by atoms with E-state index in [9.17, 15) is 0 Å². The van der Waals surface area contributed by atoms with Crippen LogP contribution in [0.25, 0.3) is 66.1 Å². The van der Waals surface area contributed by atoms with E-state index in [4.69, 9.17) is 4.42 Å². The van der Waals surface area contributed by atoms with Crippen LogP contribution in [0.15, 0.2) is 162 Å². The van der Waals surface area contributed by atoms with Gasteiger partial charge in [0.2, 0.25) is 0 Å². The van der Waals surface area contributed by atoms with Gasteiger partial charge in [-0.25, -0.2) is 0 Å². The zero-order chi connectivity index (χ0) is 27.9. The summed E-state index contributed by atoms with van der Waals surface area (Å²) in [5.41, 5.74) is 11.2. The molecule has 0 saturated carbocycles. The predicted molar refractivity (Wildman–Crippen MR) is 177 cm³/mol. The van der Waals surface area contributed by atoms with Crippen molar-refractivity contribution in [3.8, 4) is 33.4 Å². The third kappa shape index (κ3) is 4.40. The molecule has 1 N–H and O–H groups in total. The predicted octanol–water partition coefficient (Wildman–Crippen LogP) is 11.5. The van der Waals surface area contributed by atoms with E-state index in [0.717, 1.165) is 33.3 Å². The molecule has 8 rings (SSSR count). The van der Waals surface area contributed by atoms with Crippen molar-refractivity contribution in [3.05, 3.63) is 158 Å². The minimum Gasteiger partial charge on any atom is -0.456 e. The lowest BCUT2D eigenvalue weighted by Gasteiger charge is -2.10. The van der Waals surface area contributed by atoms with Crippen LogP contribution in [0.1, 0.15) is 0 Å². The van der Waals surface area contributed by atoms with Crippen LogP contribution in [-0.4, -0.2) is 0 Å². The van der Waals surface area contributed by atoms with Gasteiger partial charge >= 0.3 is 0 Å². The van der Waals surface area contributed by atoms with E-state index < -0.39 is 0 Å². The summed E-state index contributed by atoms with van der Waals surface area (Å²) in [6.07, 6.45) is 0. The first-order chi connectivity index (χ1) is 20.8. The minimum absolute atomic E-state index is 0.890. The SMILES string of the molecule is c1ccc2cc(-c3ccc(-c4ccc(-c5ccc(Nc6cccc7oc8ccccc8c67)cc5)cc4)cc3)ccc2c1. The Balaban J connectivity index is 1.00. The van der Waals surface area contributed by atoms with Gasteiger partial charge in [-0.2, -0.15) is 0 Å². The largest absolute Gasteiger partial charge is 0.456 e. The molecular weight excluding hydrogens is 510 g/mol. The summed E-state index contributed by atoms with van der Waals surface area (Å²) in [5, 5.41) is 8.36. The molecule has 1 heterocycles. The quantitative estimate of drug-likeness (QED) is 0.236. The molecule has 8 aromatic rings. The van der Waals surface area contributed by atoms with E-state index in [1.807, 2.05) is 24.3 Å². The van der Waals surface area contributed by atoms with Crippen LogP contribution in [0.3, 0.4) is 0 Å². The summed E-state index contributed by atoms with van der Waals surface area (Å²) in [7, 11) is 0. The molecule has 2 nitrogen and oxygen atoms in total. The molecular formula is C40H27NO. The maximum atomic E-state index is 6.05. The molecule has 0 atom stereocenters. The number of rotatable bonds is 5. The molecule has 0 unspecified atom stereocenters. The Morgan fingerprint density at radius 3 is 1.60 bits per heavy atom. The highest BCUT2D eigenvalue weighted by molar-refractivity contribution is 6.12. The summed E-state index contributed by atoms with van der Waals surface area (Å²) >= 11 is 0. The average Bonchev–Trinajstić information content (AvgIpc) is 3.45. The van der Waals surface area contributed by atoms with Crippen molar-refractivity contribution < 1.29 is 4.42 Å². The van der Waals surface area contributed by atoms with E-state index >= 15 is 0 Å². The van der Waals surface area contributed by atoms with Crippen LogP contribution in [0.2, 0.25) is 0 Å². The lowest BCUT2D eigenvalue weighted by Crippen LogP contribution is -1.91. The Labute approximate surface area is 244 Å². The number of nitrogens with one attached hydrogen (secondary N) is 1. The molecule has 0 aliphatic rings. The second-order valence-electron chi connectivity index (χ2n) is 10.7. The highest BCUT2D eigenvalue weighted by Gasteiger charge is 2.11. The zero-order valence-corrected chi connectivity index (χ0v) is 22.9. The van der Waals surface area contributed by atoms with Crippen molar-refractivity contribution in [2.75, 3.05) is 5.32 Å². The van der Waals surface area contributed by atoms with E-state index in [1.54, 1.807) is 0 Å². The first kappa shape index (κ1) is 24.2. The van der Waals surface area contributed by atoms with Crippen LogP contribution >= 0.6 is 0 Å². The van der Waals surface area contributed by atoms with Gasteiger partial charge in [-0.3, -0.25) is 0 Å². The average molecular weight is 538 g/mol. The van der Waals surface area contributed by atoms with Gasteiger partial charge in [-0.05, 0) is 80.6 Å². The molecule has 0 bridgehead atoms. The molecule has 0 aliphatic carbocycles. The second kappa shape index (κ2) is 10.1. The molecule has 0 radical (unpaired) electrons. The number of fused-ring (bicyclic) bond motifs is 4. The molecule has 0 amide bonds. The first-order valence-electron chi connectivity index (χ1n) is 14.3. The highest BCUT2D eigenvalue weighted by Crippen LogP contribution is 2.36. The fourth-order valence-corrected chi connectivity index (χ4v) is 5.86. The maximum absolute atomic E-state index is 6.05. The maximum Gasteiger partial charge on any atom is 0.137 e. The van der Waals surface area contributed by atoms with Gasteiger partial charge in [0, 0.05) is 11.1 Å². The fraction of sp³-hybridized carbons (Fsp3) is 0. The van der Waals surface area contributed by atoms with Gasteiger partial charge < -0.3 is 9.73 Å². The van der Waals surface area contributed by atoms with Crippen LogP contribution in [0.4, 0.5) is 11.4 Å². The number of hydrogen-bond acceptors (Lipinski definition) is 2. The minimum atomic E-state index is 0.890. The summed E-state index contributed by atoms with van der Waals surface area (Å²) in [4.78, 5) is 0. The van der Waals surface area contributed by atoms with Crippen molar-refractivity contribution in [3.63, 3.8) is 0 Å². The molecule has 0 fully saturated rings. The van der Waals surface area contributed by atoms with Crippen molar-refractivity contribution in [2.45, 2.75) is 0 Å². The van der Waals surface area contributed by atoms with Gasteiger partial charge in [0.15, 0.2) is 0 Å². The Morgan fingerprint density at radius 1 is 0.381 bits per heavy atom. The van der Waals surface area contributed by atoms with Crippen molar-refractivity contribution in [1.82, 2.24) is 0 Å². The Bertz CT molecular complexity index is 2190. The van der Waals surface area contributed by atoms with Crippen LogP contribution < -0.4 is 5.32 Å². The Hall–Kier alpha value is -5.60. The molecule has 7 aromatic carbocycles. The molecule has 0 aliphatic heterocycles. The molecule has 0 spiro atoms. The van der Waals surface area contributed by atoms with Crippen LogP contribution in [0.5, 0.6) is 0 Å². The molecule has 0 saturated heterocycles. The number of benzene rings is 7. The third-order valence-electron chi connectivity index (χ3n) is 8.09. The lowest BCUT2D eigenvalue weighted by molar-refractivity contribution is 0.669. The molecule has 42 heavy (non-hydrogen) atoms. The van der Waals surface area contributed by atoms with Gasteiger partial charge in [0.25, 0.3) is 0 Å². The Kier molecular flexibility index (Phi) is 5.82. The smallest absolute Gasteiger partial charge is 0.137 e. The normalized spacial score (nSPS) is 11.3. The summed E-state index contributed by atoms with van der Waals surface area (Å²) in [6.45, 7) is 0. The summed E-state index contributed by atoms with van der Waals surface area (Å²) in [6, 6.07) is 55.8. The van der Waals surface area contributed by atoms with Gasteiger partial charge in [-0.1, -0.05) is 121 Å². The standard InChI is InChI=1S/C40H27NO/c1-2-7-33-26-34(21-20-27(33)6-1)32-18-16-29(17-19-32)28-12-14-30(15-13-28)31-22-24-35(25-23-31)41-37-9-5-11-39-40(37)36-8-3-4-10-38(36)42-39/h1-26,41H. The zero-order valence-electron chi connectivity index (χ0n) is 22.9. The van der Waals surface area contributed by atoms with Crippen LogP contribution in [-0.2, 0) is 0 Å². The first-order valence-corrected chi connectivity index (χ1v) is 14.3. The fourth-order valence-electron chi connectivity index (χ4n) is 5.86. The summed E-state index contributed by atoms with van der Waals surface area (Å²) in [5.74, 6) is 0. The molecule has 198 valence electrons.